The fraction of sp³-hybridized carbons (Fsp3) is 1.00. The Morgan fingerprint density at radius 3 is 1.50 bits per heavy atom. The fourth-order valence-electron chi connectivity index (χ4n) is 5.40. The molecule has 3 fully saturated rings. The third kappa shape index (κ3) is 2.48. The van der Waals surface area contributed by atoms with Gasteiger partial charge in [0.1, 0.15) is 0 Å². The molecule has 1 saturated heterocycles. The second-order valence-electron chi connectivity index (χ2n) is 7.15. The Morgan fingerprint density at radius 1 is 0.611 bits per heavy atom. The van der Waals surface area contributed by atoms with E-state index >= 15 is 0 Å². The monoisotopic (exact) mass is 249 g/mol. The SMILES string of the molecule is C1CCC(C2(C3CCCCC3)CCNCC2)CC1. The van der Waals surface area contributed by atoms with Crippen molar-refractivity contribution in [3.8, 4) is 0 Å². The van der Waals surface area contributed by atoms with E-state index in [1.165, 1.54) is 64.5 Å². The highest BCUT2D eigenvalue weighted by molar-refractivity contribution is 4.96. The van der Waals surface area contributed by atoms with Crippen molar-refractivity contribution in [3.63, 3.8) is 0 Å². The van der Waals surface area contributed by atoms with Crippen molar-refractivity contribution < 1.29 is 0 Å². The summed E-state index contributed by atoms with van der Waals surface area (Å²) in [7, 11) is 0. The summed E-state index contributed by atoms with van der Waals surface area (Å²) in [6.45, 7) is 2.60. The van der Waals surface area contributed by atoms with Crippen molar-refractivity contribution in [2.75, 3.05) is 13.1 Å². The molecule has 0 bridgehead atoms. The molecule has 3 aliphatic rings. The minimum Gasteiger partial charge on any atom is -0.317 e. The molecule has 0 atom stereocenters. The van der Waals surface area contributed by atoms with E-state index in [9.17, 15) is 0 Å². The van der Waals surface area contributed by atoms with Crippen LogP contribution in [-0.2, 0) is 0 Å². The Labute approximate surface area is 113 Å². The smallest absolute Gasteiger partial charge is 0.00434 e. The van der Waals surface area contributed by atoms with E-state index in [1.807, 2.05) is 0 Å². The van der Waals surface area contributed by atoms with Gasteiger partial charge in [-0.1, -0.05) is 38.5 Å². The molecule has 3 rings (SSSR count). The van der Waals surface area contributed by atoms with Crippen LogP contribution in [0.25, 0.3) is 0 Å². The molecule has 0 spiro atoms. The first kappa shape index (κ1) is 13.0. The predicted molar refractivity (Wildman–Crippen MR) is 77.7 cm³/mol. The average molecular weight is 249 g/mol. The van der Waals surface area contributed by atoms with E-state index < -0.39 is 0 Å². The minimum atomic E-state index is 0.756. The van der Waals surface area contributed by atoms with Crippen LogP contribution < -0.4 is 5.32 Å². The van der Waals surface area contributed by atoms with Crippen molar-refractivity contribution >= 4 is 0 Å². The molecule has 0 radical (unpaired) electrons. The molecule has 0 amide bonds. The van der Waals surface area contributed by atoms with Gasteiger partial charge in [-0.15, -0.1) is 0 Å². The zero-order chi connectivity index (χ0) is 12.3. The minimum absolute atomic E-state index is 0.756. The zero-order valence-electron chi connectivity index (χ0n) is 12.1. The molecule has 1 heteroatoms. The van der Waals surface area contributed by atoms with Crippen molar-refractivity contribution in [1.82, 2.24) is 5.32 Å². The maximum absolute atomic E-state index is 3.62. The molecule has 18 heavy (non-hydrogen) atoms. The normalized spacial score (nSPS) is 31.3. The average Bonchev–Trinajstić information content (AvgIpc) is 2.50. The van der Waals surface area contributed by atoms with Crippen LogP contribution in [0.1, 0.15) is 77.0 Å². The molecule has 1 N–H and O–H groups in total. The number of hydrogen-bond donors (Lipinski definition) is 1. The van der Waals surface area contributed by atoms with Gasteiger partial charge in [0.05, 0.1) is 0 Å². The number of rotatable bonds is 2. The van der Waals surface area contributed by atoms with E-state index in [4.69, 9.17) is 0 Å². The molecule has 0 aromatic carbocycles. The number of piperidine rings is 1. The van der Waals surface area contributed by atoms with Gasteiger partial charge in [-0.2, -0.15) is 0 Å². The summed E-state index contributed by atoms with van der Waals surface area (Å²) in [5.41, 5.74) is 0.756. The Bertz CT molecular complexity index is 222. The zero-order valence-corrected chi connectivity index (χ0v) is 12.1. The Balaban J connectivity index is 1.77. The Morgan fingerprint density at radius 2 is 1.06 bits per heavy atom. The van der Waals surface area contributed by atoms with Gasteiger partial charge in [0.25, 0.3) is 0 Å². The van der Waals surface area contributed by atoms with Crippen molar-refractivity contribution in [2.24, 2.45) is 17.3 Å². The van der Waals surface area contributed by atoms with Crippen LogP contribution in [0, 0.1) is 17.3 Å². The van der Waals surface area contributed by atoms with Gasteiger partial charge in [-0.25, -0.2) is 0 Å². The summed E-state index contributed by atoms with van der Waals surface area (Å²) in [5, 5.41) is 3.62. The standard InChI is InChI=1S/C17H31N/c1-3-7-15(8-4-1)17(11-13-18-14-12-17)16-9-5-2-6-10-16/h15-16,18H,1-14H2. The van der Waals surface area contributed by atoms with E-state index in [0.29, 0.717) is 0 Å². The van der Waals surface area contributed by atoms with Crippen LogP contribution in [0.3, 0.4) is 0 Å². The first-order valence-electron chi connectivity index (χ1n) is 8.62. The summed E-state index contributed by atoms with van der Waals surface area (Å²) in [6, 6.07) is 0. The Hall–Kier alpha value is -0.0400. The second-order valence-corrected chi connectivity index (χ2v) is 7.15. The third-order valence-corrected chi connectivity index (χ3v) is 6.37. The molecule has 0 aromatic rings. The summed E-state index contributed by atoms with van der Waals surface area (Å²) in [5.74, 6) is 2.16. The van der Waals surface area contributed by atoms with E-state index in [-0.39, 0.29) is 0 Å². The lowest BCUT2D eigenvalue weighted by atomic mass is 9.55. The molecule has 1 nitrogen and oxygen atoms in total. The highest BCUT2D eigenvalue weighted by Gasteiger charge is 2.45. The first-order chi connectivity index (χ1) is 8.92. The molecule has 0 aromatic heterocycles. The van der Waals surface area contributed by atoms with Crippen molar-refractivity contribution in [3.05, 3.63) is 0 Å². The van der Waals surface area contributed by atoms with Gasteiger partial charge in [0, 0.05) is 0 Å². The van der Waals surface area contributed by atoms with Gasteiger partial charge in [-0.3, -0.25) is 0 Å². The summed E-state index contributed by atoms with van der Waals surface area (Å²) < 4.78 is 0. The van der Waals surface area contributed by atoms with Gasteiger partial charge in [0.2, 0.25) is 0 Å². The summed E-state index contributed by atoms with van der Waals surface area (Å²) >= 11 is 0. The lowest BCUT2D eigenvalue weighted by molar-refractivity contribution is -0.00648. The maximum atomic E-state index is 3.62. The Kier molecular flexibility index (Phi) is 4.28. The number of hydrogen-bond acceptors (Lipinski definition) is 1. The van der Waals surface area contributed by atoms with Crippen LogP contribution >= 0.6 is 0 Å². The highest BCUT2D eigenvalue weighted by atomic mass is 14.9. The molecule has 2 saturated carbocycles. The van der Waals surface area contributed by atoms with Crippen LogP contribution in [0.15, 0.2) is 0 Å². The lowest BCUT2D eigenvalue weighted by Gasteiger charge is -2.52. The van der Waals surface area contributed by atoms with Gasteiger partial charge in [-0.05, 0) is 68.9 Å². The molecular weight excluding hydrogens is 218 g/mol. The maximum Gasteiger partial charge on any atom is -0.00434 e. The van der Waals surface area contributed by atoms with Crippen LogP contribution in [0.2, 0.25) is 0 Å². The summed E-state index contributed by atoms with van der Waals surface area (Å²) in [4.78, 5) is 0. The third-order valence-electron chi connectivity index (χ3n) is 6.37. The molecule has 1 aliphatic heterocycles. The fourth-order valence-corrected chi connectivity index (χ4v) is 5.40. The first-order valence-corrected chi connectivity index (χ1v) is 8.62. The predicted octanol–water partition coefficient (Wildman–Crippen LogP) is 4.52. The van der Waals surface area contributed by atoms with Crippen LogP contribution in [0.5, 0.6) is 0 Å². The van der Waals surface area contributed by atoms with Crippen molar-refractivity contribution in [2.45, 2.75) is 77.0 Å². The molecular formula is C17H31N. The van der Waals surface area contributed by atoms with E-state index in [0.717, 1.165) is 17.3 Å². The molecule has 1 heterocycles. The van der Waals surface area contributed by atoms with Gasteiger partial charge in [0.15, 0.2) is 0 Å². The lowest BCUT2D eigenvalue weighted by Crippen LogP contribution is -2.47. The van der Waals surface area contributed by atoms with Gasteiger partial charge >= 0.3 is 0 Å². The van der Waals surface area contributed by atoms with Crippen LogP contribution in [0.4, 0.5) is 0 Å². The van der Waals surface area contributed by atoms with E-state index in [2.05, 4.69) is 5.32 Å². The molecule has 0 unspecified atom stereocenters. The largest absolute Gasteiger partial charge is 0.317 e. The topological polar surface area (TPSA) is 12.0 Å². The quantitative estimate of drug-likeness (QED) is 0.759. The second kappa shape index (κ2) is 5.94. The van der Waals surface area contributed by atoms with Crippen LogP contribution in [-0.4, -0.2) is 13.1 Å². The number of nitrogens with one attached hydrogen (secondary N) is 1. The van der Waals surface area contributed by atoms with Crippen molar-refractivity contribution in [1.29, 1.82) is 0 Å². The summed E-state index contributed by atoms with van der Waals surface area (Å²) in [6.07, 6.45) is 18.3. The van der Waals surface area contributed by atoms with Gasteiger partial charge < -0.3 is 5.32 Å². The molecule has 104 valence electrons. The van der Waals surface area contributed by atoms with E-state index in [1.54, 1.807) is 25.7 Å². The molecule has 2 aliphatic carbocycles. The highest BCUT2D eigenvalue weighted by Crippen LogP contribution is 2.53.